The first kappa shape index (κ1) is 15.8. The molecule has 2 heterocycles. The molecular weight excluding hydrogens is 282 g/mol. The summed E-state index contributed by atoms with van der Waals surface area (Å²) in [6.45, 7) is 2.89. The zero-order chi connectivity index (χ0) is 15.8. The molecule has 0 aromatic carbocycles. The summed E-state index contributed by atoms with van der Waals surface area (Å²) in [5, 5.41) is 2.82. The number of pyridine rings is 2. The number of aromatic amines is 1. The van der Waals surface area contributed by atoms with Crippen LogP contribution in [0.1, 0.15) is 29.4 Å². The predicted molar refractivity (Wildman–Crippen MR) is 83.1 cm³/mol. The Morgan fingerprint density at radius 1 is 1.36 bits per heavy atom. The van der Waals surface area contributed by atoms with Crippen molar-refractivity contribution in [1.82, 2.24) is 15.3 Å². The van der Waals surface area contributed by atoms with Crippen molar-refractivity contribution in [3.63, 3.8) is 0 Å². The number of hydrogen-bond acceptors (Lipinski definition) is 4. The van der Waals surface area contributed by atoms with Crippen molar-refractivity contribution < 1.29 is 9.53 Å². The number of rotatable bonds is 7. The third-order valence-corrected chi connectivity index (χ3v) is 3.11. The fraction of sp³-hybridized carbons (Fsp3) is 0.312. The first-order valence-electron chi connectivity index (χ1n) is 7.24. The molecule has 0 saturated carbocycles. The van der Waals surface area contributed by atoms with E-state index >= 15 is 0 Å². The number of ether oxygens (including phenoxy) is 1. The highest BCUT2D eigenvalue weighted by molar-refractivity contribution is 5.95. The van der Waals surface area contributed by atoms with E-state index in [0.29, 0.717) is 43.0 Å². The molecule has 116 valence electrons. The van der Waals surface area contributed by atoms with Gasteiger partial charge in [0.15, 0.2) is 0 Å². The Morgan fingerprint density at radius 3 is 2.95 bits per heavy atom. The van der Waals surface area contributed by atoms with E-state index in [-0.39, 0.29) is 11.5 Å². The summed E-state index contributed by atoms with van der Waals surface area (Å²) >= 11 is 0. The Balaban J connectivity index is 1.77. The van der Waals surface area contributed by atoms with Crippen LogP contribution < -0.4 is 15.6 Å². The van der Waals surface area contributed by atoms with Crippen LogP contribution in [-0.2, 0) is 6.42 Å². The summed E-state index contributed by atoms with van der Waals surface area (Å²) < 4.78 is 5.49. The standard InChI is InChI=1S/C16H19N3O3/c1-2-14-13(6-7-15(20)19-14)16(21)18-9-4-10-22-12-5-3-8-17-11-12/h3,5-8,11H,2,4,9-10H2,1H3,(H,18,21)(H,19,20). The van der Waals surface area contributed by atoms with Crippen LogP contribution in [0.4, 0.5) is 0 Å². The Kier molecular flexibility index (Phi) is 5.71. The molecule has 1 amide bonds. The van der Waals surface area contributed by atoms with Crippen LogP contribution >= 0.6 is 0 Å². The summed E-state index contributed by atoms with van der Waals surface area (Å²) in [6, 6.07) is 6.55. The highest BCUT2D eigenvalue weighted by atomic mass is 16.5. The van der Waals surface area contributed by atoms with Crippen molar-refractivity contribution in [2.45, 2.75) is 19.8 Å². The number of aromatic nitrogens is 2. The average molecular weight is 301 g/mol. The van der Waals surface area contributed by atoms with E-state index in [2.05, 4.69) is 15.3 Å². The molecule has 6 nitrogen and oxygen atoms in total. The van der Waals surface area contributed by atoms with Crippen LogP contribution in [0.25, 0.3) is 0 Å². The van der Waals surface area contributed by atoms with Crippen molar-refractivity contribution in [1.29, 1.82) is 0 Å². The lowest BCUT2D eigenvalue weighted by Gasteiger charge is -2.09. The monoisotopic (exact) mass is 301 g/mol. The van der Waals surface area contributed by atoms with Crippen LogP contribution in [0.3, 0.4) is 0 Å². The Bertz CT molecular complexity index is 668. The number of nitrogens with zero attached hydrogens (tertiary/aromatic N) is 1. The zero-order valence-electron chi connectivity index (χ0n) is 12.5. The number of H-pyrrole nitrogens is 1. The Labute approximate surface area is 128 Å². The summed E-state index contributed by atoms with van der Waals surface area (Å²) in [7, 11) is 0. The second-order valence-electron chi connectivity index (χ2n) is 4.72. The minimum Gasteiger partial charge on any atom is -0.492 e. The van der Waals surface area contributed by atoms with Gasteiger partial charge in [-0.25, -0.2) is 0 Å². The van der Waals surface area contributed by atoms with E-state index in [1.165, 1.54) is 6.07 Å². The van der Waals surface area contributed by atoms with Crippen LogP contribution in [0.15, 0.2) is 41.5 Å². The fourth-order valence-corrected chi connectivity index (χ4v) is 2.00. The number of carbonyl (C=O) groups is 1. The molecule has 0 atom stereocenters. The molecular formula is C16H19N3O3. The van der Waals surface area contributed by atoms with Crippen LogP contribution in [0, 0.1) is 0 Å². The van der Waals surface area contributed by atoms with Gasteiger partial charge in [0.1, 0.15) is 5.75 Å². The molecule has 0 radical (unpaired) electrons. The molecule has 2 aromatic rings. The summed E-state index contributed by atoms with van der Waals surface area (Å²) in [5.74, 6) is 0.525. The number of carbonyl (C=O) groups excluding carboxylic acids is 1. The van der Waals surface area contributed by atoms with Gasteiger partial charge in [0.05, 0.1) is 18.4 Å². The lowest BCUT2D eigenvalue weighted by Crippen LogP contribution is -2.27. The van der Waals surface area contributed by atoms with Crippen LogP contribution in [0.5, 0.6) is 5.75 Å². The number of amides is 1. The SMILES string of the molecule is CCc1[nH]c(=O)ccc1C(=O)NCCCOc1cccnc1. The fourth-order valence-electron chi connectivity index (χ4n) is 2.00. The lowest BCUT2D eigenvalue weighted by atomic mass is 10.1. The van der Waals surface area contributed by atoms with Gasteiger partial charge in [-0.1, -0.05) is 6.92 Å². The quantitative estimate of drug-likeness (QED) is 0.760. The van der Waals surface area contributed by atoms with Gasteiger partial charge in [-0.15, -0.1) is 0 Å². The van der Waals surface area contributed by atoms with Gasteiger partial charge in [-0.05, 0) is 31.0 Å². The maximum atomic E-state index is 12.1. The number of nitrogens with one attached hydrogen (secondary N) is 2. The third-order valence-electron chi connectivity index (χ3n) is 3.11. The minimum atomic E-state index is -0.196. The molecule has 0 bridgehead atoms. The van der Waals surface area contributed by atoms with Gasteiger partial charge in [0.25, 0.3) is 5.91 Å². The highest BCUT2D eigenvalue weighted by Crippen LogP contribution is 2.06. The maximum absolute atomic E-state index is 12.1. The van der Waals surface area contributed by atoms with Crippen molar-refractivity contribution in [2.24, 2.45) is 0 Å². The van der Waals surface area contributed by atoms with Gasteiger partial charge in [-0.3, -0.25) is 14.6 Å². The van der Waals surface area contributed by atoms with Crippen LogP contribution in [-0.4, -0.2) is 29.0 Å². The smallest absolute Gasteiger partial charge is 0.253 e. The van der Waals surface area contributed by atoms with Gasteiger partial charge in [0, 0.05) is 24.5 Å². The largest absolute Gasteiger partial charge is 0.492 e. The maximum Gasteiger partial charge on any atom is 0.253 e. The van der Waals surface area contributed by atoms with E-state index in [1.54, 1.807) is 24.5 Å². The first-order valence-corrected chi connectivity index (χ1v) is 7.24. The molecule has 0 saturated heterocycles. The second-order valence-corrected chi connectivity index (χ2v) is 4.72. The highest BCUT2D eigenvalue weighted by Gasteiger charge is 2.10. The van der Waals surface area contributed by atoms with Gasteiger partial charge < -0.3 is 15.0 Å². The van der Waals surface area contributed by atoms with Crippen molar-refractivity contribution in [3.05, 3.63) is 58.3 Å². The summed E-state index contributed by atoms with van der Waals surface area (Å²) in [4.78, 5) is 30.0. The first-order chi connectivity index (χ1) is 10.7. The van der Waals surface area contributed by atoms with Gasteiger partial charge in [0.2, 0.25) is 5.56 Å². The molecule has 0 unspecified atom stereocenters. The van der Waals surface area contributed by atoms with E-state index in [4.69, 9.17) is 4.74 Å². The van der Waals surface area contributed by atoms with Crippen LogP contribution in [0.2, 0.25) is 0 Å². The van der Waals surface area contributed by atoms with Crippen molar-refractivity contribution in [3.8, 4) is 5.75 Å². The third kappa shape index (κ3) is 4.44. The van der Waals surface area contributed by atoms with Crippen molar-refractivity contribution >= 4 is 5.91 Å². The molecule has 22 heavy (non-hydrogen) atoms. The van der Waals surface area contributed by atoms with Gasteiger partial charge in [-0.2, -0.15) is 0 Å². The molecule has 0 aliphatic heterocycles. The molecule has 2 rings (SSSR count). The summed E-state index contributed by atoms with van der Waals surface area (Å²) in [6.07, 6.45) is 4.61. The number of hydrogen-bond donors (Lipinski definition) is 2. The normalized spacial score (nSPS) is 10.2. The zero-order valence-corrected chi connectivity index (χ0v) is 12.5. The molecule has 0 spiro atoms. The van der Waals surface area contributed by atoms with E-state index in [9.17, 15) is 9.59 Å². The second kappa shape index (κ2) is 7.97. The predicted octanol–water partition coefficient (Wildman–Crippen LogP) is 1.53. The molecule has 6 heteroatoms. The molecule has 2 N–H and O–H groups in total. The Morgan fingerprint density at radius 2 is 2.23 bits per heavy atom. The average Bonchev–Trinajstić information content (AvgIpc) is 2.55. The van der Waals surface area contributed by atoms with E-state index in [1.807, 2.05) is 13.0 Å². The van der Waals surface area contributed by atoms with Crippen molar-refractivity contribution in [2.75, 3.05) is 13.2 Å². The van der Waals surface area contributed by atoms with E-state index < -0.39 is 0 Å². The van der Waals surface area contributed by atoms with E-state index in [0.717, 1.165) is 0 Å². The molecule has 0 aliphatic rings. The van der Waals surface area contributed by atoms with Gasteiger partial charge >= 0.3 is 0 Å². The topological polar surface area (TPSA) is 84.1 Å². The Hall–Kier alpha value is -2.63. The minimum absolute atomic E-state index is 0.186. The molecule has 0 fully saturated rings. The molecule has 0 aliphatic carbocycles. The lowest BCUT2D eigenvalue weighted by molar-refractivity contribution is 0.0950. The summed E-state index contributed by atoms with van der Waals surface area (Å²) in [5.41, 5.74) is 0.963. The molecule has 2 aromatic heterocycles. The number of aryl methyl sites for hydroxylation is 1.